The number of nitrogens with one attached hydrogen (secondary N) is 2. The van der Waals surface area contributed by atoms with Gasteiger partial charge in [0.05, 0.1) is 31.0 Å². The van der Waals surface area contributed by atoms with Gasteiger partial charge in [-0.2, -0.15) is 0 Å². The first-order chi connectivity index (χ1) is 20.5. The molecule has 0 aromatic heterocycles. The average Bonchev–Trinajstić information content (AvgIpc) is 3.03. The number of esters is 1. The summed E-state index contributed by atoms with van der Waals surface area (Å²) in [5, 5.41) is 15.7. The van der Waals surface area contributed by atoms with Crippen LogP contribution >= 0.6 is 0 Å². The fourth-order valence-electron chi connectivity index (χ4n) is 5.20. The van der Waals surface area contributed by atoms with Crippen LogP contribution in [-0.4, -0.2) is 42.1 Å². The molecule has 0 spiro atoms. The maximum absolute atomic E-state index is 13.4. The third-order valence-corrected chi connectivity index (χ3v) is 7.53. The number of allylic oxidation sites excluding steroid dienone is 2. The number of carbonyl (C=O) groups excluding carboxylic acids is 3. The van der Waals surface area contributed by atoms with E-state index in [0.717, 1.165) is 16.7 Å². The second-order valence-corrected chi connectivity index (χ2v) is 10.8. The lowest BCUT2D eigenvalue weighted by Gasteiger charge is -2.24. The van der Waals surface area contributed by atoms with Gasteiger partial charge in [-0.3, -0.25) is 14.4 Å². The van der Waals surface area contributed by atoms with Crippen LogP contribution in [0.2, 0.25) is 0 Å². The summed E-state index contributed by atoms with van der Waals surface area (Å²) in [5.74, 6) is -1.81. The van der Waals surface area contributed by atoms with E-state index in [1.165, 1.54) is 0 Å². The fourth-order valence-corrected chi connectivity index (χ4v) is 5.20. The molecule has 0 bridgehead atoms. The maximum atomic E-state index is 13.4. The van der Waals surface area contributed by atoms with E-state index in [1.807, 2.05) is 103 Å². The summed E-state index contributed by atoms with van der Waals surface area (Å²) in [4.78, 5) is 39.8. The molecule has 3 aromatic carbocycles. The molecule has 7 nitrogen and oxygen atoms in total. The molecule has 1 heterocycles. The van der Waals surface area contributed by atoms with Crippen LogP contribution in [0.5, 0.6) is 0 Å². The average molecular weight is 569 g/mol. The molecule has 1 aliphatic heterocycles. The summed E-state index contributed by atoms with van der Waals surface area (Å²) in [6.07, 6.45) is 5.92. The Balaban J connectivity index is 1.47. The number of aliphatic hydroxyl groups is 1. The van der Waals surface area contributed by atoms with Crippen molar-refractivity contribution in [2.75, 3.05) is 13.2 Å². The summed E-state index contributed by atoms with van der Waals surface area (Å²) >= 11 is 0. The highest BCUT2D eigenvalue weighted by Gasteiger charge is 2.28. The third kappa shape index (κ3) is 9.70. The van der Waals surface area contributed by atoms with Gasteiger partial charge in [-0.25, -0.2) is 0 Å². The Bertz CT molecular complexity index is 1300. The van der Waals surface area contributed by atoms with Crippen LogP contribution in [0, 0.1) is 11.8 Å². The molecule has 0 saturated carbocycles. The molecule has 0 saturated heterocycles. The minimum absolute atomic E-state index is 0.0200. The Hall–Kier alpha value is -4.23. The molecule has 4 unspecified atom stereocenters. The Morgan fingerprint density at radius 2 is 1.52 bits per heavy atom. The van der Waals surface area contributed by atoms with Crippen LogP contribution in [-0.2, 0) is 32.0 Å². The van der Waals surface area contributed by atoms with Gasteiger partial charge in [0.2, 0.25) is 11.8 Å². The molecular weight excluding hydrogens is 528 g/mol. The number of ether oxygens (including phenoxy) is 1. The normalized spacial score (nSPS) is 20.6. The number of benzene rings is 3. The van der Waals surface area contributed by atoms with E-state index in [2.05, 4.69) is 10.6 Å². The van der Waals surface area contributed by atoms with Gasteiger partial charge in [0.15, 0.2) is 0 Å². The monoisotopic (exact) mass is 568 g/mol. The lowest BCUT2D eigenvalue weighted by molar-refractivity contribution is -0.155. The van der Waals surface area contributed by atoms with Gasteiger partial charge in [0.1, 0.15) is 6.10 Å². The topological polar surface area (TPSA) is 105 Å². The fraction of sp³-hybridized carbons (Fsp3) is 0.343. The number of cyclic esters (lactones) is 1. The number of amides is 2. The Kier molecular flexibility index (Phi) is 11.9. The maximum Gasteiger partial charge on any atom is 0.309 e. The molecule has 7 heteroatoms. The Morgan fingerprint density at radius 3 is 2.19 bits per heavy atom. The highest BCUT2D eigenvalue weighted by Crippen LogP contribution is 2.24. The van der Waals surface area contributed by atoms with Crippen molar-refractivity contribution in [1.82, 2.24) is 10.6 Å². The molecule has 0 radical (unpaired) electrons. The van der Waals surface area contributed by atoms with Crippen molar-refractivity contribution in [1.29, 1.82) is 0 Å². The predicted octanol–water partition coefficient (Wildman–Crippen LogP) is 4.71. The zero-order chi connectivity index (χ0) is 29.6. The molecular formula is C35H40N2O5. The first-order valence-electron chi connectivity index (χ1n) is 14.7. The van der Waals surface area contributed by atoms with E-state index in [1.54, 1.807) is 0 Å². The smallest absolute Gasteiger partial charge is 0.309 e. The van der Waals surface area contributed by atoms with E-state index in [-0.39, 0.29) is 43.3 Å². The summed E-state index contributed by atoms with van der Waals surface area (Å²) in [6, 6.07) is 28.5. The van der Waals surface area contributed by atoms with Gasteiger partial charge >= 0.3 is 5.97 Å². The van der Waals surface area contributed by atoms with Crippen molar-refractivity contribution in [2.24, 2.45) is 11.8 Å². The van der Waals surface area contributed by atoms with Gasteiger partial charge in [0, 0.05) is 6.42 Å². The van der Waals surface area contributed by atoms with Crippen LogP contribution < -0.4 is 10.6 Å². The molecule has 0 fully saturated rings. The number of hydrogen-bond acceptors (Lipinski definition) is 5. The van der Waals surface area contributed by atoms with E-state index in [4.69, 9.17) is 4.74 Å². The third-order valence-electron chi connectivity index (χ3n) is 7.53. The van der Waals surface area contributed by atoms with Gasteiger partial charge in [0.25, 0.3) is 0 Å². The molecule has 2 amide bonds. The van der Waals surface area contributed by atoms with Crippen LogP contribution in [0.3, 0.4) is 0 Å². The molecule has 220 valence electrons. The van der Waals surface area contributed by atoms with Crippen molar-refractivity contribution < 1.29 is 24.2 Å². The molecule has 1 aliphatic rings. The van der Waals surface area contributed by atoms with Gasteiger partial charge < -0.3 is 20.5 Å². The zero-order valence-electron chi connectivity index (χ0n) is 23.9. The van der Waals surface area contributed by atoms with E-state index in [9.17, 15) is 19.5 Å². The molecule has 42 heavy (non-hydrogen) atoms. The lowest BCUT2D eigenvalue weighted by atomic mass is 9.94. The standard InChI is InChI=1S/C35H40N2O5/c38-25-31(22-27-15-7-2-8-16-27)37-33(39)23-29-19-11-4-12-20-30(21-26-13-5-1-6-14-26)35(41)42-32(24-36-34(29)40)28-17-9-3-10-18-28/h1-11,13-18,29-32,38H,12,19-25H2,(H,36,40)(H,37,39). The van der Waals surface area contributed by atoms with Crippen LogP contribution in [0.4, 0.5) is 0 Å². The second kappa shape index (κ2) is 16.3. The molecule has 4 rings (SSSR count). The first kappa shape index (κ1) is 30.7. The SMILES string of the molecule is O=C(CC1CC=CCCC(Cc2ccccc2)C(=O)OC(c2ccccc2)CNC1=O)NC(CO)Cc1ccccc1. The van der Waals surface area contributed by atoms with Crippen LogP contribution in [0.25, 0.3) is 0 Å². The predicted molar refractivity (Wildman–Crippen MR) is 162 cm³/mol. The molecule has 0 aliphatic carbocycles. The zero-order valence-corrected chi connectivity index (χ0v) is 23.9. The highest BCUT2D eigenvalue weighted by atomic mass is 16.5. The largest absolute Gasteiger partial charge is 0.455 e. The lowest BCUT2D eigenvalue weighted by Crippen LogP contribution is -2.42. The Morgan fingerprint density at radius 1 is 0.881 bits per heavy atom. The number of hydrogen-bond donors (Lipinski definition) is 3. The van der Waals surface area contributed by atoms with Crippen molar-refractivity contribution >= 4 is 17.8 Å². The van der Waals surface area contributed by atoms with Crippen LogP contribution in [0.1, 0.15) is 48.5 Å². The molecule has 3 aromatic rings. The van der Waals surface area contributed by atoms with E-state index < -0.39 is 18.1 Å². The highest BCUT2D eigenvalue weighted by molar-refractivity contribution is 5.86. The van der Waals surface area contributed by atoms with E-state index >= 15 is 0 Å². The number of aliphatic hydroxyl groups excluding tert-OH is 1. The minimum Gasteiger partial charge on any atom is -0.455 e. The molecule has 3 N–H and O–H groups in total. The van der Waals surface area contributed by atoms with Gasteiger partial charge in [-0.05, 0) is 48.8 Å². The summed E-state index contributed by atoms with van der Waals surface area (Å²) in [5.41, 5.74) is 2.86. The van der Waals surface area contributed by atoms with Crippen LogP contribution in [0.15, 0.2) is 103 Å². The van der Waals surface area contributed by atoms with Crippen molar-refractivity contribution in [3.8, 4) is 0 Å². The molecule has 4 atom stereocenters. The number of carbonyl (C=O) groups is 3. The second-order valence-electron chi connectivity index (χ2n) is 10.8. The minimum atomic E-state index is -0.659. The van der Waals surface area contributed by atoms with Crippen molar-refractivity contribution in [3.63, 3.8) is 0 Å². The summed E-state index contributed by atoms with van der Waals surface area (Å²) in [7, 11) is 0. The summed E-state index contributed by atoms with van der Waals surface area (Å²) < 4.78 is 6.04. The van der Waals surface area contributed by atoms with Crippen molar-refractivity contribution in [2.45, 2.75) is 50.7 Å². The van der Waals surface area contributed by atoms with Crippen molar-refractivity contribution in [3.05, 3.63) is 120 Å². The quantitative estimate of drug-likeness (QED) is 0.256. The first-order valence-corrected chi connectivity index (χ1v) is 14.7. The summed E-state index contributed by atoms with van der Waals surface area (Å²) in [6.45, 7) is -0.104. The Labute approximate surface area is 248 Å². The van der Waals surface area contributed by atoms with E-state index in [0.29, 0.717) is 32.1 Å². The van der Waals surface area contributed by atoms with Gasteiger partial charge in [-0.1, -0.05) is 103 Å². The van der Waals surface area contributed by atoms with Gasteiger partial charge in [-0.15, -0.1) is 0 Å². The number of rotatable bonds is 9.